The molecule has 0 spiro atoms. The second-order valence-corrected chi connectivity index (χ2v) is 5.75. The van der Waals surface area contributed by atoms with Gasteiger partial charge in [0.1, 0.15) is 11.9 Å². The largest absolute Gasteiger partial charge is 0.468 e. The van der Waals surface area contributed by atoms with Crippen LogP contribution >= 0.6 is 48.0 Å². The minimum atomic E-state index is -0.765. The maximum Gasteiger partial charge on any atom is 0.322 e. The van der Waals surface area contributed by atoms with Crippen LogP contribution in [0.2, 0.25) is 10.0 Å². The molecular weight excluding hydrogens is 424 g/mol. The van der Waals surface area contributed by atoms with Gasteiger partial charge in [0.15, 0.2) is 0 Å². The first-order valence-electron chi connectivity index (χ1n) is 6.96. The second kappa shape index (κ2) is 11.2. The molecule has 0 saturated carbocycles. The van der Waals surface area contributed by atoms with Crippen LogP contribution in [0, 0.1) is 0 Å². The van der Waals surface area contributed by atoms with Crippen LogP contribution in [0.3, 0.4) is 0 Å². The average Bonchev–Trinajstić information content (AvgIpc) is 2.55. The van der Waals surface area contributed by atoms with E-state index < -0.39 is 17.9 Å². The fourth-order valence-corrected chi connectivity index (χ4v) is 2.57. The van der Waals surface area contributed by atoms with Gasteiger partial charge in [-0.25, -0.2) is 4.98 Å². The molecule has 6 nitrogen and oxygen atoms in total. The zero-order valence-electron chi connectivity index (χ0n) is 13.6. The van der Waals surface area contributed by atoms with E-state index in [1.807, 2.05) is 0 Å². The molecule has 0 bridgehead atoms. The number of esters is 1. The Balaban J connectivity index is 0.00000312. The number of ether oxygens (including phenoxy) is 1. The number of methoxy groups -OCH3 is 1. The second-order valence-electron chi connectivity index (χ2n) is 4.94. The van der Waals surface area contributed by atoms with Crippen LogP contribution in [0.1, 0.15) is 15.9 Å². The number of carbonyl (C=O) groups excluding carboxylic acids is 2. The number of hydrogen-bond donors (Lipinski definition) is 2. The molecule has 1 atom stereocenters. The number of hydrogen-bond acceptors (Lipinski definition) is 5. The maximum absolute atomic E-state index is 12.2. The van der Waals surface area contributed by atoms with Crippen LogP contribution in [0.4, 0.5) is 5.82 Å². The molecule has 1 unspecified atom stereocenters. The lowest BCUT2D eigenvalue weighted by molar-refractivity contribution is -0.142. The van der Waals surface area contributed by atoms with Gasteiger partial charge in [0.05, 0.1) is 22.7 Å². The van der Waals surface area contributed by atoms with Crippen molar-refractivity contribution >= 4 is 65.7 Å². The van der Waals surface area contributed by atoms with Crippen molar-refractivity contribution in [1.82, 2.24) is 4.98 Å². The van der Waals surface area contributed by atoms with E-state index in [4.69, 9.17) is 28.9 Å². The molecule has 1 aromatic carbocycles. The maximum atomic E-state index is 12.2. The SMILES string of the molecule is COC(=O)C(N)Cc1ccc(NC(=O)c2c(Cl)cccc2Cl)nc1.Cl.Cl. The molecule has 0 fully saturated rings. The van der Waals surface area contributed by atoms with Crippen LogP contribution in [-0.4, -0.2) is 30.0 Å². The molecule has 142 valence electrons. The van der Waals surface area contributed by atoms with E-state index in [2.05, 4.69) is 15.0 Å². The van der Waals surface area contributed by atoms with Crippen molar-refractivity contribution in [3.8, 4) is 0 Å². The van der Waals surface area contributed by atoms with E-state index in [1.165, 1.54) is 13.3 Å². The van der Waals surface area contributed by atoms with E-state index in [-0.39, 0.29) is 46.8 Å². The summed E-state index contributed by atoms with van der Waals surface area (Å²) in [5.74, 6) is -0.635. The Morgan fingerprint density at radius 3 is 2.31 bits per heavy atom. The Labute approximate surface area is 173 Å². The lowest BCUT2D eigenvalue weighted by Crippen LogP contribution is -2.33. The van der Waals surface area contributed by atoms with Gasteiger partial charge < -0.3 is 15.8 Å². The minimum absolute atomic E-state index is 0. The Morgan fingerprint density at radius 1 is 1.19 bits per heavy atom. The molecule has 2 rings (SSSR count). The summed E-state index contributed by atoms with van der Waals surface area (Å²) in [6.45, 7) is 0. The van der Waals surface area contributed by atoms with Crippen molar-refractivity contribution in [3.63, 3.8) is 0 Å². The van der Waals surface area contributed by atoms with Gasteiger partial charge in [0.25, 0.3) is 5.91 Å². The summed E-state index contributed by atoms with van der Waals surface area (Å²) in [5.41, 5.74) is 6.60. The summed E-state index contributed by atoms with van der Waals surface area (Å²) in [6.07, 6.45) is 1.80. The summed E-state index contributed by atoms with van der Waals surface area (Å²) in [7, 11) is 1.28. The van der Waals surface area contributed by atoms with Gasteiger partial charge in [-0.1, -0.05) is 35.3 Å². The van der Waals surface area contributed by atoms with Gasteiger partial charge in [0.2, 0.25) is 0 Å². The first-order chi connectivity index (χ1) is 11.4. The van der Waals surface area contributed by atoms with Crippen molar-refractivity contribution in [2.24, 2.45) is 5.73 Å². The number of halogens is 4. The lowest BCUT2D eigenvalue weighted by atomic mass is 10.1. The van der Waals surface area contributed by atoms with Gasteiger partial charge in [-0.15, -0.1) is 24.8 Å². The molecule has 0 saturated heterocycles. The predicted octanol–water partition coefficient (Wildman–Crippen LogP) is 3.53. The lowest BCUT2D eigenvalue weighted by Gasteiger charge is -2.10. The molecule has 3 N–H and O–H groups in total. The topological polar surface area (TPSA) is 94.3 Å². The van der Waals surface area contributed by atoms with E-state index in [1.54, 1.807) is 30.3 Å². The highest BCUT2D eigenvalue weighted by Gasteiger charge is 2.16. The van der Waals surface area contributed by atoms with Crippen molar-refractivity contribution in [2.45, 2.75) is 12.5 Å². The summed E-state index contributed by atoms with van der Waals surface area (Å²) in [6, 6.07) is 7.35. The van der Waals surface area contributed by atoms with Gasteiger partial charge in [-0.05, 0) is 30.2 Å². The Morgan fingerprint density at radius 2 is 1.81 bits per heavy atom. The Hall–Kier alpha value is -1.57. The van der Waals surface area contributed by atoms with Crippen LogP contribution in [0.15, 0.2) is 36.5 Å². The van der Waals surface area contributed by atoms with Crippen LogP contribution in [0.5, 0.6) is 0 Å². The van der Waals surface area contributed by atoms with Crippen molar-refractivity contribution in [2.75, 3.05) is 12.4 Å². The number of aromatic nitrogens is 1. The average molecular weight is 441 g/mol. The molecule has 1 amide bonds. The van der Waals surface area contributed by atoms with E-state index >= 15 is 0 Å². The van der Waals surface area contributed by atoms with E-state index in [9.17, 15) is 9.59 Å². The molecule has 10 heteroatoms. The zero-order chi connectivity index (χ0) is 17.7. The summed E-state index contributed by atoms with van der Waals surface area (Å²) in [4.78, 5) is 27.7. The Kier molecular flexibility index (Phi) is 10.5. The third kappa shape index (κ3) is 6.30. The molecule has 1 aromatic heterocycles. The number of nitrogens with two attached hydrogens (primary N) is 1. The Bertz CT molecular complexity index is 737. The van der Waals surface area contributed by atoms with Gasteiger partial charge >= 0.3 is 5.97 Å². The monoisotopic (exact) mass is 439 g/mol. The smallest absolute Gasteiger partial charge is 0.322 e. The third-order valence-electron chi connectivity index (χ3n) is 3.22. The molecule has 0 aliphatic carbocycles. The molecule has 26 heavy (non-hydrogen) atoms. The normalized spacial score (nSPS) is 10.8. The van der Waals surface area contributed by atoms with Crippen molar-refractivity contribution < 1.29 is 14.3 Å². The van der Waals surface area contributed by atoms with E-state index in [0.29, 0.717) is 5.82 Å². The minimum Gasteiger partial charge on any atom is -0.468 e. The van der Waals surface area contributed by atoms with E-state index in [0.717, 1.165) is 5.56 Å². The molecule has 2 aromatic rings. The fraction of sp³-hybridized carbons (Fsp3) is 0.188. The highest BCUT2D eigenvalue weighted by molar-refractivity contribution is 6.40. The van der Waals surface area contributed by atoms with Crippen LogP contribution < -0.4 is 11.1 Å². The highest BCUT2D eigenvalue weighted by atomic mass is 35.5. The molecule has 0 aliphatic rings. The number of benzene rings is 1. The number of anilines is 1. The number of carbonyl (C=O) groups is 2. The van der Waals surface area contributed by atoms with Crippen molar-refractivity contribution in [3.05, 3.63) is 57.7 Å². The van der Waals surface area contributed by atoms with Crippen LogP contribution in [0.25, 0.3) is 0 Å². The zero-order valence-corrected chi connectivity index (χ0v) is 16.7. The number of pyridine rings is 1. The van der Waals surface area contributed by atoms with Crippen molar-refractivity contribution in [1.29, 1.82) is 0 Å². The summed E-state index contributed by atoms with van der Waals surface area (Å²) < 4.78 is 4.57. The van der Waals surface area contributed by atoms with Gasteiger partial charge in [-0.3, -0.25) is 9.59 Å². The fourth-order valence-electron chi connectivity index (χ4n) is 2.00. The number of nitrogens with one attached hydrogen (secondary N) is 1. The standard InChI is InChI=1S/C16H15Cl2N3O3.2ClH/c1-24-16(23)12(19)7-9-5-6-13(20-8-9)21-15(22)14-10(17)3-2-4-11(14)18;;/h2-6,8,12H,7,19H2,1H3,(H,20,21,22);2*1H. The molecule has 0 aliphatic heterocycles. The molecule has 1 heterocycles. The van der Waals surface area contributed by atoms with Gasteiger partial charge in [-0.2, -0.15) is 0 Å². The molecule has 0 radical (unpaired) electrons. The predicted molar refractivity (Wildman–Crippen MR) is 107 cm³/mol. The van der Waals surface area contributed by atoms with Gasteiger partial charge in [0, 0.05) is 6.20 Å². The highest BCUT2D eigenvalue weighted by Crippen LogP contribution is 2.25. The third-order valence-corrected chi connectivity index (χ3v) is 3.85. The number of nitrogens with zero attached hydrogens (tertiary/aromatic N) is 1. The summed E-state index contributed by atoms with van der Waals surface area (Å²) >= 11 is 12.0. The summed E-state index contributed by atoms with van der Waals surface area (Å²) in [5, 5.41) is 3.11. The first-order valence-corrected chi connectivity index (χ1v) is 7.71. The van der Waals surface area contributed by atoms with Crippen LogP contribution in [-0.2, 0) is 16.0 Å². The first kappa shape index (κ1) is 24.4. The number of amides is 1. The quantitative estimate of drug-likeness (QED) is 0.693. The molecular formula is C16H17Cl4N3O3. The number of rotatable bonds is 5.